The molecule has 16 heavy (non-hydrogen) atoms. The predicted molar refractivity (Wildman–Crippen MR) is 64.0 cm³/mol. The molecule has 3 heteroatoms. The van der Waals surface area contributed by atoms with Gasteiger partial charge in [-0.1, -0.05) is 30.3 Å². The summed E-state index contributed by atoms with van der Waals surface area (Å²) in [6.07, 6.45) is 4.03. The number of hydrogen-bond acceptors (Lipinski definition) is 2. The Labute approximate surface area is 94.7 Å². The minimum absolute atomic E-state index is 0.371. The summed E-state index contributed by atoms with van der Waals surface area (Å²) in [4.78, 5) is 7.82. The number of nitrogens with two attached hydrogens (primary N) is 1. The van der Waals surface area contributed by atoms with E-state index in [-0.39, 0.29) is 0 Å². The monoisotopic (exact) mass is 213 g/mol. The molecule has 3 nitrogen and oxygen atoms in total. The van der Waals surface area contributed by atoms with Crippen LogP contribution in [0.25, 0.3) is 11.3 Å². The van der Waals surface area contributed by atoms with E-state index in [1.165, 1.54) is 5.56 Å². The Balaban J connectivity index is 1.83. The third-order valence-electron chi connectivity index (χ3n) is 3.24. The summed E-state index contributed by atoms with van der Waals surface area (Å²) in [6.45, 7) is 0. The van der Waals surface area contributed by atoms with Gasteiger partial charge in [0.1, 0.15) is 5.82 Å². The Hall–Kier alpha value is -1.61. The zero-order valence-corrected chi connectivity index (χ0v) is 9.06. The Morgan fingerprint density at radius 3 is 2.62 bits per heavy atom. The number of H-pyrrole nitrogens is 1. The molecule has 0 saturated heterocycles. The van der Waals surface area contributed by atoms with Gasteiger partial charge in [-0.3, -0.25) is 0 Å². The summed E-state index contributed by atoms with van der Waals surface area (Å²) in [7, 11) is 0. The van der Waals surface area contributed by atoms with Crippen LogP contribution in [0.5, 0.6) is 0 Å². The van der Waals surface area contributed by atoms with E-state index in [4.69, 9.17) is 5.73 Å². The van der Waals surface area contributed by atoms with Gasteiger partial charge in [-0.25, -0.2) is 4.98 Å². The van der Waals surface area contributed by atoms with Gasteiger partial charge in [0.25, 0.3) is 0 Å². The number of nitrogens with one attached hydrogen (secondary N) is 1. The average molecular weight is 213 g/mol. The van der Waals surface area contributed by atoms with Crippen molar-refractivity contribution in [3.8, 4) is 11.3 Å². The van der Waals surface area contributed by atoms with E-state index in [1.807, 2.05) is 24.4 Å². The molecule has 0 unspecified atom stereocenters. The SMILES string of the molecule is NC1CC(c2ncc(-c3ccccc3)[nH]2)C1. The fraction of sp³-hybridized carbons (Fsp3) is 0.308. The molecule has 1 aromatic heterocycles. The van der Waals surface area contributed by atoms with Gasteiger partial charge < -0.3 is 10.7 Å². The van der Waals surface area contributed by atoms with Gasteiger partial charge in [0.05, 0.1) is 11.9 Å². The number of nitrogens with zero attached hydrogens (tertiary/aromatic N) is 1. The van der Waals surface area contributed by atoms with Crippen LogP contribution in [0.15, 0.2) is 36.5 Å². The van der Waals surface area contributed by atoms with E-state index >= 15 is 0 Å². The average Bonchev–Trinajstić information content (AvgIpc) is 2.75. The van der Waals surface area contributed by atoms with Gasteiger partial charge in [-0.2, -0.15) is 0 Å². The molecule has 1 saturated carbocycles. The molecule has 3 N–H and O–H groups in total. The number of rotatable bonds is 2. The Morgan fingerprint density at radius 1 is 1.19 bits per heavy atom. The maximum Gasteiger partial charge on any atom is 0.109 e. The standard InChI is InChI=1S/C13H15N3/c14-11-6-10(7-11)13-15-8-12(16-13)9-4-2-1-3-5-9/h1-5,8,10-11H,6-7,14H2,(H,15,16). The molecule has 1 fully saturated rings. The first-order valence-corrected chi connectivity index (χ1v) is 5.69. The lowest BCUT2D eigenvalue weighted by molar-refractivity contribution is 0.340. The van der Waals surface area contributed by atoms with Crippen LogP contribution in [0.2, 0.25) is 0 Å². The first-order valence-electron chi connectivity index (χ1n) is 5.69. The third kappa shape index (κ3) is 1.63. The second-order valence-electron chi connectivity index (χ2n) is 4.48. The van der Waals surface area contributed by atoms with E-state index < -0.39 is 0 Å². The predicted octanol–water partition coefficient (Wildman–Crippen LogP) is 2.28. The van der Waals surface area contributed by atoms with Crippen LogP contribution in [0.3, 0.4) is 0 Å². The Kier molecular flexibility index (Phi) is 2.26. The van der Waals surface area contributed by atoms with Crippen molar-refractivity contribution in [3.05, 3.63) is 42.4 Å². The highest BCUT2D eigenvalue weighted by Gasteiger charge is 2.29. The van der Waals surface area contributed by atoms with Gasteiger partial charge in [0, 0.05) is 12.0 Å². The van der Waals surface area contributed by atoms with Crippen molar-refractivity contribution in [1.82, 2.24) is 9.97 Å². The van der Waals surface area contributed by atoms with Gasteiger partial charge in [-0.05, 0) is 18.4 Å². The van der Waals surface area contributed by atoms with Crippen LogP contribution < -0.4 is 5.73 Å². The van der Waals surface area contributed by atoms with Gasteiger partial charge >= 0.3 is 0 Å². The highest BCUT2D eigenvalue weighted by atomic mass is 14.9. The molecule has 0 radical (unpaired) electrons. The van der Waals surface area contributed by atoms with E-state index in [0.29, 0.717) is 12.0 Å². The van der Waals surface area contributed by atoms with E-state index in [2.05, 4.69) is 22.1 Å². The molecule has 0 amide bonds. The van der Waals surface area contributed by atoms with Crippen molar-refractivity contribution in [3.63, 3.8) is 0 Å². The van der Waals surface area contributed by atoms with E-state index in [0.717, 1.165) is 24.4 Å². The number of benzene rings is 1. The van der Waals surface area contributed by atoms with E-state index in [9.17, 15) is 0 Å². The fourth-order valence-corrected chi connectivity index (χ4v) is 2.19. The second kappa shape index (κ2) is 3.76. The summed E-state index contributed by atoms with van der Waals surface area (Å²) >= 11 is 0. The summed E-state index contributed by atoms with van der Waals surface area (Å²) in [5, 5.41) is 0. The highest BCUT2D eigenvalue weighted by molar-refractivity contribution is 5.58. The summed E-state index contributed by atoms with van der Waals surface area (Å²) in [5.74, 6) is 1.62. The van der Waals surface area contributed by atoms with E-state index in [1.54, 1.807) is 0 Å². The molecule has 0 atom stereocenters. The lowest BCUT2D eigenvalue weighted by Crippen LogP contribution is -2.35. The first-order chi connectivity index (χ1) is 7.83. The van der Waals surface area contributed by atoms with Crippen molar-refractivity contribution in [1.29, 1.82) is 0 Å². The van der Waals surface area contributed by atoms with Crippen LogP contribution in [0.4, 0.5) is 0 Å². The largest absolute Gasteiger partial charge is 0.342 e. The summed E-state index contributed by atoms with van der Waals surface area (Å²) in [5.41, 5.74) is 8.06. The van der Waals surface area contributed by atoms with Crippen molar-refractivity contribution in [2.45, 2.75) is 24.8 Å². The minimum Gasteiger partial charge on any atom is -0.342 e. The number of hydrogen-bond donors (Lipinski definition) is 2. The molecule has 82 valence electrons. The molecule has 1 aliphatic rings. The normalized spacial score (nSPS) is 24.1. The topological polar surface area (TPSA) is 54.7 Å². The zero-order chi connectivity index (χ0) is 11.0. The second-order valence-corrected chi connectivity index (χ2v) is 4.48. The van der Waals surface area contributed by atoms with Crippen LogP contribution in [-0.4, -0.2) is 16.0 Å². The maximum atomic E-state index is 5.78. The number of imidazole rings is 1. The van der Waals surface area contributed by atoms with Gasteiger partial charge in [0.15, 0.2) is 0 Å². The third-order valence-corrected chi connectivity index (χ3v) is 3.24. The molecule has 3 rings (SSSR count). The van der Waals surface area contributed by atoms with Crippen LogP contribution in [0.1, 0.15) is 24.6 Å². The molecular formula is C13H15N3. The highest BCUT2D eigenvalue weighted by Crippen LogP contribution is 2.34. The van der Waals surface area contributed by atoms with Crippen molar-refractivity contribution in [2.24, 2.45) is 5.73 Å². The summed E-state index contributed by atoms with van der Waals surface area (Å²) < 4.78 is 0. The Bertz CT molecular complexity index is 469. The molecule has 2 aromatic rings. The molecule has 1 heterocycles. The van der Waals surface area contributed by atoms with Crippen molar-refractivity contribution in [2.75, 3.05) is 0 Å². The number of aromatic nitrogens is 2. The Morgan fingerprint density at radius 2 is 1.94 bits per heavy atom. The number of aromatic amines is 1. The van der Waals surface area contributed by atoms with Crippen molar-refractivity contribution >= 4 is 0 Å². The molecule has 0 bridgehead atoms. The fourth-order valence-electron chi connectivity index (χ4n) is 2.19. The lowest BCUT2D eigenvalue weighted by atomic mass is 9.80. The van der Waals surface area contributed by atoms with Crippen LogP contribution in [-0.2, 0) is 0 Å². The zero-order valence-electron chi connectivity index (χ0n) is 9.06. The first kappa shape index (κ1) is 9.60. The molecule has 1 aliphatic carbocycles. The molecule has 1 aromatic carbocycles. The lowest BCUT2D eigenvalue weighted by Gasteiger charge is -2.30. The van der Waals surface area contributed by atoms with Crippen LogP contribution >= 0.6 is 0 Å². The van der Waals surface area contributed by atoms with Crippen LogP contribution in [0, 0.1) is 0 Å². The van der Waals surface area contributed by atoms with Crippen molar-refractivity contribution < 1.29 is 0 Å². The summed E-state index contributed by atoms with van der Waals surface area (Å²) in [6, 6.07) is 10.6. The van der Waals surface area contributed by atoms with Gasteiger partial charge in [0.2, 0.25) is 0 Å². The quantitative estimate of drug-likeness (QED) is 0.804. The smallest absolute Gasteiger partial charge is 0.109 e. The van der Waals surface area contributed by atoms with Gasteiger partial charge in [-0.15, -0.1) is 0 Å². The molecular weight excluding hydrogens is 198 g/mol. The molecule has 0 aliphatic heterocycles. The maximum absolute atomic E-state index is 5.78. The molecule has 0 spiro atoms. The minimum atomic E-state index is 0.371.